The lowest BCUT2D eigenvalue weighted by Gasteiger charge is -2.04. The zero-order chi connectivity index (χ0) is 14.0. The Hall–Kier alpha value is -2.30. The summed E-state index contributed by atoms with van der Waals surface area (Å²) in [4.78, 5) is 0. The number of aryl methyl sites for hydroxylation is 2. The molecular weight excluding hydrogens is 235 g/mol. The summed E-state index contributed by atoms with van der Waals surface area (Å²) < 4.78 is 0. The number of hydrogen-bond acceptors (Lipinski definition) is 4. The van der Waals surface area contributed by atoms with Crippen molar-refractivity contribution in [1.82, 2.24) is 0 Å². The van der Waals surface area contributed by atoms with Crippen LogP contribution < -0.4 is 16.9 Å². The Morgan fingerprint density at radius 1 is 0.895 bits per heavy atom. The predicted octanol–water partition coefficient (Wildman–Crippen LogP) is 2.68. The van der Waals surface area contributed by atoms with Crippen molar-refractivity contribution in [2.75, 3.05) is 11.5 Å². The van der Waals surface area contributed by atoms with Crippen molar-refractivity contribution in [2.24, 2.45) is 10.2 Å². The lowest BCUT2D eigenvalue weighted by atomic mass is 9.91. The molecule has 2 aromatic rings. The largest absolute Gasteiger partial charge is 0.398 e. The van der Waals surface area contributed by atoms with E-state index in [1.54, 1.807) is 12.1 Å². The van der Waals surface area contributed by atoms with Gasteiger partial charge in [0.15, 0.2) is 0 Å². The van der Waals surface area contributed by atoms with Crippen LogP contribution in [-0.2, 0) is 0 Å². The fourth-order valence-corrected chi connectivity index (χ4v) is 1.62. The molecule has 0 aromatic heterocycles. The van der Waals surface area contributed by atoms with Crippen LogP contribution in [0.2, 0.25) is 0 Å². The molecule has 0 aliphatic carbocycles. The molecule has 0 amide bonds. The van der Waals surface area contributed by atoms with E-state index in [-0.39, 0.29) is 0 Å². The van der Waals surface area contributed by atoms with Crippen molar-refractivity contribution in [3.8, 4) is 0 Å². The van der Waals surface area contributed by atoms with E-state index < -0.39 is 0 Å². The summed E-state index contributed by atoms with van der Waals surface area (Å²) in [7, 11) is 5.82. The second-order valence-electron chi connectivity index (χ2n) is 4.51. The number of nitrogen functional groups attached to an aromatic ring is 2. The van der Waals surface area contributed by atoms with Crippen LogP contribution in [0.4, 0.5) is 22.7 Å². The first-order chi connectivity index (χ1) is 8.97. The summed E-state index contributed by atoms with van der Waals surface area (Å²) >= 11 is 0. The molecule has 0 heterocycles. The van der Waals surface area contributed by atoms with Gasteiger partial charge in [0.25, 0.3) is 0 Å². The van der Waals surface area contributed by atoms with E-state index in [0.29, 0.717) is 28.2 Å². The van der Waals surface area contributed by atoms with Crippen LogP contribution in [0.25, 0.3) is 0 Å². The quantitative estimate of drug-likeness (QED) is 0.488. The van der Waals surface area contributed by atoms with E-state index in [1.165, 1.54) is 0 Å². The van der Waals surface area contributed by atoms with E-state index in [9.17, 15) is 0 Å². The number of anilines is 2. The Kier molecular flexibility index (Phi) is 3.56. The SMILES string of the molecule is [B]c1cc(N=Nc2cc(C)c(N)cc2N)ccc1C. The maximum Gasteiger partial charge on any atom is 0.114 e. The van der Waals surface area contributed by atoms with E-state index in [0.717, 1.165) is 11.1 Å². The van der Waals surface area contributed by atoms with Crippen LogP contribution in [0.5, 0.6) is 0 Å². The van der Waals surface area contributed by atoms with Gasteiger partial charge in [0, 0.05) is 5.69 Å². The van der Waals surface area contributed by atoms with Crippen molar-refractivity contribution < 1.29 is 0 Å². The van der Waals surface area contributed by atoms with Crippen molar-refractivity contribution >= 4 is 36.1 Å². The standard InChI is InChI=1S/C14H15BN4/c1-8-3-4-10(6-11(8)15)18-19-14-5-9(2)12(16)7-13(14)17/h3-7H,16-17H2,1-2H3. The fraction of sp³-hybridized carbons (Fsp3) is 0.143. The van der Waals surface area contributed by atoms with Crippen molar-refractivity contribution in [1.29, 1.82) is 0 Å². The Morgan fingerprint density at radius 3 is 2.32 bits per heavy atom. The molecule has 5 heteroatoms. The number of benzene rings is 2. The van der Waals surface area contributed by atoms with Crippen LogP contribution in [0.3, 0.4) is 0 Å². The maximum atomic E-state index is 5.85. The zero-order valence-electron chi connectivity index (χ0n) is 11.0. The van der Waals surface area contributed by atoms with E-state index in [1.807, 2.05) is 32.0 Å². The minimum absolute atomic E-state index is 0.506. The zero-order valence-corrected chi connectivity index (χ0v) is 11.0. The summed E-state index contributed by atoms with van der Waals surface area (Å²) in [5.74, 6) is 0. The topological polar surface area (TPSA) is 76.8 Å². The molecule has 4 N–H and O–H groups in total. The highest BCUT2D eigenvalue weighted by atomic mass is 15.1. The van der Waals surface area contributed by atoms with Gasteiger partial charge in [0.05, 0.1) is 11.4 Å². The van der Waals surface area contributed by atoms with Gasteiger partial charge < -0.3 is 11.5 Å². The van der Waals surface area contributed by atoms with Gasteiger partial charge in [-0.1, -0.05) is 17.1 Å². The molecule has 0 atom stereocenters. The number of nitrogens with two attached hydrogens (primary N) is 2. The molecule has 0 aliphatic heterocycles. The second-order valence-corrected chi connectivity index (χ2v) is 4.51. The van der Waals surface area contributed by atoms with Crippen molar-refractivity contribution in [2.45, 2.75) is 13.8 Å². The average Bonchev–Trinajstić information content (AvgIpc) is 2.36. The van der Waals surface area contributed by atoms with Crippen molar-refractivity contribution in [3.05, 3.63) is 41.5 Å². The summed E-state index contributed by atoms with van der Waals surface area (Å²) in [5.41, 5.74) is 16.7. The minimum Gasteiger partial charge on any atom is -0.398 e. The molecule has 0 aliphatic rings. The van der Waals surface area contributed by atoms with Gasteiger partial charge in [0.1, 0.15) is 13.5 Å². The first-order valence-electron chi connectivity index (χ1n) is 5.91. The lowest BCUT2D eigenvalue weighted by molar-refractivity contribution is 1.23. The lowest BCUT2D eigenvalue weighted by Crippen LogP contribution is -2.05. The van der Waals surface area contributed by atoms with Gasteiger partial charge >= 0.3 is 0 Å². The third kappa shape index (κ3) is 2.93. The Balaban J connectivity index is 2.32. The van der Waals surface area contributed by atoms with Crippen LogP contribution in [0.15, 0.2) is 40.6 Å². The number of azo groups is 1. The van der Waals surface area contributed by atoms with Gasteiger partial charge in [-0.3, -0.25) is 0 Å². The molecule has 2 rings (SSSR count). The number of nitrogens with zero attached hydrogens (tertiary/aromatic N) is 2. The van der Waals surface area contributed by atoms with E-state index >= 15 is 0 Å². The van der Waals surface area contributed by atoms with Gasteiger partial charge in [-0.05, 0) is 43.7 Å². The summed E-state index contributed by atoms with van der Waals surface area (Å²) in [6.07, 6.45) is 0. The molecule has 0 unspecified atom stereocenters. The van der Waals surface area contributed by atoms with Gasteiger partial charge in [-0.25, -0.2) is 0 Å². The van der Waals surface area contributed by atoms with Gasteiger partial charge in [0.2, 0.25) is 0 Å². The molecule has 19 heavy (non-hydrogen) atoms. The Bertz CT molecular complexity index is 650. The fourth-order valence-electron chi connectivity index (χ4n) is 1.62. The molecule has 0 saturated carbocycles. The van der Waals surface area contributed by atoms with E-state index in [4.69, 9.17) is 19.3 Å². The Labute approximate surface area is 113 Å². The summed E-state index contributed by atoms with van der Waals surface area (Å²) in [6, 6.07) is 9.04. The normalized spacial score (nSPS) is 11.1. The monoisotopic (exact) mass is 250 g/mol. The first-order valence-corrected chi connectivity index (χ1v) is 5.91. The molecule has 0 saturated heterocycles. The minimum atomic E-state index is 0.506. The van der Waals surface area contributed by atoms with Gasteiger partial charge in [-0.2, -0.15) is 5.11 Å². The molecule has 0 spiro atoms. The van der Waals surface area contributed by atoms with Crippen LogP contribution in [0.1, 0.15) is 11.1 Å². The highest BCUT2D eigenvalue weighted by Crippen LogP contribution is 2.28. The molecular formula is C14H15BN4. The third-order valence-electron chi connectivity index (χ3n) is 2.95. The molecule has 0 bridgehead atoms. The smallest absolute Gasteiger partial charge is 0.114 e. The highest BCUT2D eigenvalue weighted by molar-refractivity contribution is 6.33. The third-order valence-corrected chi connectivity index (χ3v) is 2.95. The molecule has 2 radical (unpaired) electrons. The van der Waals surface area contributed by atoms with Crippen LogP contribution >= 0.6 is 0 Å². The molecule has 94 valence electrons. The van der Waals surface area contributed by atoms with Crippen LogP contribution in [-0.4, -0.2) is 7.85 Å². The number of rotatable bonds is 2. The first kappa shape index (κ1) is 13.1. The molecule has 2 aromatic carbocycles. The second kappa shape index (κ2) is 5.14. The average molecular weight is 250 g/mol. The number of hydrogen-bond donors (Lipinski definition) is 2. The molecule has 0 fully saturated rings. The van der Waals surface area contributed by atoms with E-state index in [2.05, 4.69) is 10.2 Å². The van der Waals surface area contributed by atoms with Crippen LogP contribution in [0, 0.1) is 13.8 Å². The molecule has 4 nitrogen and oxygen atoms in total. The maximum absolute atomic E-state index is 5.85. The predicted molar refractivity (Wildman–Crippen MR) is 80.7 cm³/mol. The highest BCUT2D eigenvalue weighted by Gasteiger charge is 2.02. The Morgan fingerprint density at radius 2 is 1.63 bits per heavy atom. The van der Waals surface area contributed by atoms with Crippen molar-refractivity contribution in [3.63, 3.8) is 0 Å². The summed E-state index contributed by atoms with van der Waals surface area (Å²) in [5, 5.41) is 8.27. The van der Waals surface area contributed by atoms with Gasteiger partial charge in [-0.15, -0.1) is 5.11 Å². The summed E-state index contributed by atoms with van der Waals surface area (Å²) in [6.45, 7) is 3.84.